The summed E-state index contributed by atoms with van der Waals surface area (Å²) in [6.07, 6.45) is 6.03. The van der Waals surface area contributed by atoms with E-state index in [9.17, 15) is 9.18 Å². The van der Waals surface area contributed by atoms with Gasteiger partial charge in [0.05, 0.1) is 6.61 Å². The van der Waals surface area contributed by atoms with Crippen LogP contribution in [0.4, 0.5) is 4.39 Å². The molecule has 2 aliphatic heterocycles. The number of carbonyl (C=O) groups is 1. The molecular weight excluding hydrogens is 353 g/mol. The average Bonchev–Trinajstić information content (AvgIpc) is 2.70. The Bertz CT molecular complexity index is 763. The van der Waals surface area contributed by atoms with E-state index in [1.54, 1.807) is 12.1 Å². The molecule has 0 radical (unpaired) electrons. The first-order chi connectivity index (χ1) is 13.7. The third-order valence-corrected chi connectivity index (χ3v) is 6.22. The average molecular weight is 381 g/mol. The molecule has 2 fully saturated rings. The Labute approximate surface area is 166 Å². The minimum atomic E-state index is -0.280. The maximum Gasteiger partial charge on any atom is 0.139 e. The zero-order valence-electron chi connectivity index (χ0n) is 16.2. The second kappa shape index (κ2) is 8.87. The number of hydrogen-bond donors (Lipinski definition) is 0. The molecule has 0 aromatic heterocycles. The van der Waals surface area contributed by atoms with Crippen LogP contribution in [0.5, 0.6) is 5.75 Å². The lowest BCUT2D eigenvalue weighted by Gasteiger charge is -2.48. The zero-order chi connectivity index (χ0) is 19.3. The third-order valence-electron chi connectivity index (χ3n) is 6.22. The summed E-state index contributed by atoms with van der Waals surface area (Å²) < 4.78 is 18.6. The van der Waals surface area contributed by atoms with Gasteiger partial charge in [-0.3, -0.25) is 9.69 Å². The molecule has 4 heteroatoms. The molecule has 2 bridgehead atoms. The Hall–Kier alpha value is -2.20. The van der Waals surface area contributed by atoms with Crippen molar-refractivity contribution in [2.24, 2.45) is 5.92 Å². The van der Waals surface area contributed by atoms with Gasteiger partial charge in [0.2, 0.25) is 0 Å². The van der Waals surface area contributed by atoms with Gasteiger partial charge in [-0.15, -0.1) is 0 Å². The van der Waals surface area contributed by atoms with E-state index >= 15 is 0 Å². The molecule has 2 atom stereocenters. The molecule has 2 heterocycles. The van der Waals surface area contributed by atoms with E-state index < -0.39 is 0 Å². The van der Waals surface area contributed by atoms with Crippen molar-refractivity contribution in [2.75, 3.05) is 6.61 Å². The maximum atomic E-state index is 12.9. The fraction of sp³-hybridized carbons (Fsp3) is 0.458. The molecule has 4 rings (SSSR count). The summed E-state index contributed by atoms with van der Waals surface area (Å²) in [6, 6.07) is 17.6. The number of halogens is 1. The van der Waals surface area contributed by atoms with E-state index in [1.165, 1.54) is 37.0 Å². The van der Waals surface area contributed by atoms with Gasteiger partial charge in [0.15, 0.2) is 0 Å². The lowest BCUT2D eigenvalue weighted by atomic mass is 9.76. The van der Waals surface area contributed by atoms with Gasteiger partial charge in [0.1, 0.15) is 17.3 Å². The maximum absolute atomic E-state index is 12.9. The molecule has 2 aliphatic rings. The highest BCUT2D eigenvalue weighted by molar-refractivity contribution is 5.81. The second-order valence-corrected chi connectivity index (χ2v) is 8.08. The van der Waals surface area contributed by atoms with E-state index in [-0.39, 0.29) is 11.7 Å². The van der Waals surface area contributed by atoms with Gasteiger partial charge in [0, 0.05) is 31.0 Å². The Balaban J connectivity index is 1.30. The third kappa shape index (κ3) is 4.61. The van der Waals surface area contributed by atoms with E-state index in [4.69, 9.17) is 4.74 Å². The predicted octanol–water partition coefficient (Wildman–Crippen LogP) is 5.00. The van der Waals surface area contributed by atoms with Gasteiger partial charge in [0.25, 0.3) is 0 Å². The van der Waals surface area contributed by atoms with Crippen molar-refractivity contribution in [3.8, 4) is 5.75 Å². The monoisotopic (exact) mass is 381 g/mol. The summed E-state index contributed by atoms with van der Waals surface area (Å²) in [7, 11) is 0. The summed E-state index contributed by atoms with van der Waals surface area (Å²) in [5.74, 6) is 0.804. The number of fused-ring (bicyclic) bond motifs is 2. The Kier molecular flexibility index (Phi) is 6.06. The second-order valence-electron chi connectivity index (χ2n) is 8.08. The van der Waals surface area contributed by atoms with Gasteiger partial charge in [-0.05, 0) is 55.5 Å². The molecule has 0 N–H and O–H groups in total. The Morgan fingerprint density at radius 3 is 2.36 bits per heavy atom. The molecule has 2 saturated heterocycles. The number of benzene rings is 2. The first kappa shape index (κ1) is 19.1. The highest BCUT2D eigenvalue weighted by Crippen LogP contribution is 2.38. The number of rotatable bonds is 7. The van der Waals surface area contributed by atoms with E-state index in [2.05, 4.69) is 35.2 Å². The molecule has 0 amide bonds. The van der Waals surface area contributed by atoms with Gasteiger partial charge < -0.3 is 4.74 Å². The highest BCUT2D eigenvalue weighted by Gasteiger charge is 2.40. The fourth-order valence-electron chi connectivity index (χ4n) is 4.80. The molecule has 28 heavy (non-hydrogen) atoms. The SMILES string of the molecule is O=C(CCOc1ccc(F)cc1)C1CC2CCCC(C1)N2Cc1ccccc1. The van der Waals surface area contributed by atoms with Crippen LogP contribution >= 0.6 is 0 Å². The number of piperidine rings is 2. The molecule has 0 spiro atoms. The van der Waals surface area contributed by atoms with Crippen molar-refractivity contribution in [3.05, 3.63) is 66.0 Å². The number of carbonyl (C=O) groups excluding carboxylic acids is 1. The van der Waals surface area contributed by atoms with E-state index in [0.717, 1.165) is 19.4 Å². The first-order valence-electron chi connectivity index (χ1n) is 10.4. The summed E-state index contributed by atoms with van der Waals surface area (Å²) >= 11 is 0. The molecule has 148 valence electrons. The van der Waals surface area contributed by atoms with Crippen LogP contribution in [0.25, 0.3) is 0 Å². The van der Waals surface area contributed by atoms with Gasteiger partial charge in [-0.1, -0.05) is 36.8 Å². The normalized spacial score (nSPS) is 24.7. The smallest absolute Gasteiger partial charge is 0.139 e. The lowest BCUT2D eigenvalue weighted by Crippen LogP contribution is -2.52. The van der Waals surface area contributed by atoms with E-state index in [1.807, 2.05) is 0 Å². The van der Waals surface area contributed by atoms with Crippen molar-refractivity contribution in [3.63, 3.8) is 0 Å². The Morgan fingerprint density at radius 2 is 1.68 bits per heavy atom. The molecular formula is C24H28FNO2. The molecule has 2 aromatic rings. The van der Waals surface area contributed by atoms with Crippen molar-refractivity contribution in [1.29, 1.82) is 0 Å². The lowest BCUT2D eigenvalue weighted by molar-refractivity contribution is -0.127. The van der Waals surface area contributed by atoms with Crippen molar-refractivity contribution in [2.45, 2.75) is 57.2 Å². The summed E-state index contributed by atoms with van der Waals surface area (Å²) in [5.41, 5.74) is 1.36. The van der Waals surface area contributed by atoms with Gasteiger partial charge >= 0.3 is 0 Å². The van der Waals surface area contributed by atoms with Crippen LogP contribution in [0.1, 0.15) is 44.1 Å². The number of nitrogens with zero attached hydrogens (tertiary/aromatic N) is 1. The summed E-state index contributed by atoms with van der Waals surface area (Å²) in [4.78, 5) is 15.4. The minimum Gasteiger partial charge on any atom is -0.493 e. The van der Waals surface area contributed by atoms with E-state index in [0.29, 0.717) is 36.6 Å². The molecule has 2 aromatic carbocycles. The minimum absolute atomic E-state index is 0.152. The van der Waals surface area contributed by atoms with Crippen molar-refractivity contribution < 1.29 is 13.9 Å². The predicted molar refractivity (Wildman–Crippen MR) is 108 cm³/mol. The van der Waals surface area contributed by atoms with Crippen LogP contribution in [-0.2, 0) is 11.3 Å². The summed E-state index contributed by atoms with van der Waals surface area (Å²) in [6.45, 7) is 1.36. The molecule has 0 aliphatic carbocycles. The van der Waals surface area contributed by atoms with Crippen LogP contribution in [0, 0.1) is 11.7 Å². The molecule has 3 nitrogen and oxygen atoms in total. The summed E-state index contributed by atoms with van der Waals surface area (Å²) in [5, 5.41) is 0. The quantitative estimate of drug-likeness (QED) is 0.676. The fourth-order valence-corrected chi connectivity index (χ4v) is 4.80. The molecule has 0 saturated carbocycles. The van der Waals surface area contributed by atoms with Gasteiger partial charge in [-0.2, -0.15) is 0 Å². The number of hydrogen-bond acceptors (Lipinski definition) is 3. The van der Waals surface area contributed by atoms with Gasteiger partial charge in [-0.25, -0.2) is 4.39 Å². The highest BCUT2D eigenvalue weighted by atomic mass is 19.1. The van der Waals surface area contributed by atoms with Crippen LogP contribution in [-0.4, -0.2) is 29.4 Å². The van der Waals surface area contributed by atoms with Crippen LogP contribution in [0.3, 0.4) is 0 Å². The van der Waals surface area contributed by atoms with Crippen molar-refractivity contribution in [1.82, 2.24) is 4.90 Å². The number of ketones is 1. The Morgan fingerprint density at radius 1 is 1.00 bits per heavy atom. The van der Waals surface area contributed by atoms with Crippen LogP contribution in [0.2, 0.25) is 0 Å². The number of Topliss-reactive ketones (excluding diaryl/α,β-unsaturated/α-hetero) is 1. The zero-order valence-corrected chi connectivity index (χ0v) is 16.2. The molecule has 2 unspecified atom stereocenters. The van der Waals surface area contributed by atoms with Crippen LogP contribution in [0.15, 0.2) is 54.6 Å². The first-order valence-corrected chi connectivity index (χ1v) is 10.4. The van der Waals surface area contributed by atoms with Crippen LogP contribution < -0.4 is 4.74 Å². The topological polar surface area (TPSA) is 29.5 Å². The van der Waals surface area contributed by atoms with Crippen molar-refractivity contribution >= 4 is 5.78 Å². The number of ether oxygens (including phenoxy) is 1. The largest absolute Gasteiger partial charge is 0.493 e. The standard InChI is InChI=1S/C24H28FNO2/c25-20-9-11-23(12-10-20)28-14-13-24(27)19-15-21-7-4-8-22(16-19)26(21)17-18-5-2-1-3-6-18/h1-3,5-6,9-12,19,21-22H,4,7-8,13-17H2.